The maximum atomic E-state index is 10.6. The summed E-state index contributed by atoms with van der Waals surface area (Å²) in [6.45, 7) is 0.331. The zero-order valence-corrected chi connectivity index (χ0v) is 11.8. The van der Waals surface area contributed by atoms with Gasteiger partial charge in [-0.2, -0.15) is 0 Å². The monoisotopic (exact) mass is 307 g/mol. The predicted molar refractivity (Wildman–Crippen MR) is 79.4 cm³/mol. The Kier molecular flexibility index (Phi) is 4.72. The summed E-state index contributed by atoms with van der Waals surface area (Å²) in [5, 5.41) is 15.6. The Morgan fingerprint density at radius 1 is 1.38 bits per heavy atom. The molecule has 1 amide bonds. The Hall–Kier alpha value is -2.61. The Bertz CT molecular complexity index is 639. The Morgan fingerprint density at radius 3 is 2.67 bits per heavy atom. The van der Waals surface area contributed by atoms with Crippen molar-refractivity contribution in [2.75, 3.05) is 11.9 Å². The van der Waals surface area contributed by atoms with Gasteiger partial charge in [0, 0.05) is 23.7 Å². The van der Waals surface area contributed by atoms with Gasteiger partial charge in [-0.25, -0.2) is 0 Å². The van der Waals surface area contributed by atoms with E-state index < -0.39 is 10.8 Å². The van der Waals surface area contributed by atoms with Crippen LogP contribution in [-0.4, -0.2) is 17.4 Å². The third-order valence-corrected chi connectivity index (χ3v) is 3.48. The number of carbonyl (C=O) groups is 1. The number of benzene rings is 1. The first-order valence-electron chi connectivity index (χ1n) is 6.01. The number of primary amides is 1. The third kappa shape index (κ3) is 4.46. The van der Waals surface area contributed by atoms with E-state index in [1.165, 1.54) is 0 Å². The molecule has 110 valence electrons. The second-order valence-corrected chi connectivity index (χ2v) is 5.07. The summed E-state index contributed by atoms with van der Waals surface area (Å²) >= 11 is 1.10. The van der Waals surface area contributed by atoms with E-state index in [1.54, 1.807) is 35.7 Å². The number of nitro groups is 1. The summed E-state index contributed by atoms with van der Waals surface area (Å²) in [5.74, 6) is 0.0155. The fourth-order valence-corrected chi connectivity index (χ4v) is 2.31. The highest BCUT2D eigenvalue weighted by molar-refractivity contribution is 7.13. The number of nitrogens with zero attached hydrogens (tertiary/aromatic N) is 1. The summed E-state index contributed by atoms with van der Waals surface area (Å²) < 4.78 is 5.14. The van der Waals surface area contributed by atoms with E-state index in [0.717, 1.165) is 22.6 Å². The summed E-state index contributed by atoms with van der Waals surface area (Å²) in [6.07, 6.45) is 0. The van der Waals surface area contributed by atoms with E-state index in [2.05, 4.69) is 5.32 Å². The van der Waals surface area contributed by atoms with Crippen LogP contribution in [0.3, 0.4) is 0 Å². The molecule has 0 bridgehead atoms. The molecule has 1 aromatic heterocycles. The Morgan fingerprint density at radius 2 is 2.10 bits per heavy atom. The second-order valence-electron chi connectivity index (χ2n) is 4.18. The van der Waals surface area contributed by atoms with E-state index >= 15 is 0 Å². The van der Waals surface area contributed by atoms with Gasteiger partial charge in [0.05, 0.1) is 4.92 Å². The molecule has 0 spiro atoms. The number of thiophene rings is 1. The van der Waals surface area contributed by atoms with Crippen LogP contribution in [0.2, 0.25) is 0 Å². The highest BCUT2D eigenvalue weighted by Crippen LogP contribution is 2.23. The van der Waals surface area contributed by atoms with Gasteiger partial charge in [0.2, 0.25) is 0 Å². The topological polar surface area (TPSA) is 107 Å². The summed E-state index contributed by atoms with van der Waals surface area (Å²) in [5.41, 5.74) is 6.67. The van der Waals surface area contributed by atoms with Crippen molar-refractivity contribution in [1.29, 1.82) is 0 Å². The third-order valence-electron chi connectivity index (χ3n) is 2.55. The maximum absolute atomic E-state index is 10.6. The van der Waals surface area contributed by atoms with Gasteiger partial charge in [-0.15, -0.1) is 0 Å². The standard InChI is InChI=1S/C13H13N3O4S/c14-12(17)7-20-11-3-1-10(2-4-11)15-6-9-5-13(16(18)19)21-8-9/h1-5,8,15H,6-7H2,(H2,14,17). The van der Waals surface area contributed by atoms with Crippen molar-refractivity contribution in [3.05, 3.63) is 51.4 Å². The van der Waals surface area contributed by atoms with Crippen LogP contribution >= 0.6 is 11.3 Å². The van der Waals surface area contributed by atoms with Crippen LogP contribution in [-0.2, 0) is 11.3 Å². The SMILES string of the molecule is NC(=O)COc1ccc(NCc2csc([N+](=O)[O-])c2)cc1. The van der Waals surface area contributed by atoms with E-state index in [4.69, 9.17) is 10.5 Å². The van der Waals surface area contributed by atoms with Crippen molar-refractivity contribution in [3.8, 4) is 5.75 Å². The van der Waals surface area contributed by atoms with E-state index in [1.807, 2.05) is 0 Å². The number of nitrogens with two attached hydrogens (primary N) is 1. The van der Waals surface area contributed by atoms with Crippen molar-refractivity contribution in [3.63, 3.8) is 0 Å². The Balaban J connectivity index is 1.88. The van der Waals surface area contributed by atoms with Crippen LogP contribution in [0.15, 0.2) is 35.7 Å². The lowest BCUT2D eigenvalue weighted by atomic mass is 10.2. The number of carbonyl (C=O) groups excluding carboxylic acids is 1. The number of hydrogen-bond donors (Lipinski definition) is 2. The molecule has 2 aromatic rings. The molecule has 8 heteroatoms. The van der Waals surface area contributed by atoms with Crippen molar-refractivity contribution < 1.29 is 14.5 Å². The van der Waals surface area contributed by atoms with Gasteiger partial charge in [-0.3, -0.25) is 14.9 Å². The molecule has 3 N–H and O–H groups in total. The van der Waals surface area contributed by atoms with Crippen LogP contribution in [0.5, 0.6) is 5.75 Å². The maximum Gasteiger partial charge on any atom is 0.324 e. The molecule has 0 aliphatic heterocycles. The van der Waals surface area contributed by atoms with Crippen molar-refractivity contribution in [1.82, 2.24) is 0 Å². The average molecular weight is 307 g/mol. The minimum absolute atomic E-state index is 0.127. The van der Waals surface area contributed by atoms with Crippen LogP contribution in [0.4, 0.5) is 10.7 Å². The van der Waals surface area contributed by atoms with Gasteiger partial charge in [0.1, 0.15) is 5.75 Å². The molecule has 1 heterocycles. The van der Waals surface area contributed by atoms with Gasteiger partial charge < -0.3 is 15.8 Å². The molecule has 0 aliphatic rings. The smallest absolute Gasteiger partial charge is 0.324 e. The van der Waals surface area contributed by atoms with Gasteiger partial charge >= 0.3 is 5.00 Å². The first-order valence-corrected chi connectivity index (χ1v) is 6.89. The van der Waals surface area contributed by atoms with E-state index in [-0.39, 0.29) is 11.6 Å². The van der Waals surface area contributed by atoms with E-state index in [0.29, 0.717) is 12.3 Å². The number of anilines is 1. The first kappa shape index (κ1) is 14.8. The number of ether oxygens (including phenoxy) is 1. The van der Waals surface area contributed by atoms with Gasteiger partial charge in [0.15, 0.2) is 6.61 Å². The predicted octanol–water partition coefficient (Wildman–Crippen LogP) is 2.13. The van der Waals surface area contributed by atoms with Crippen molar-refractivity contribution >= 4 is 27.9 Å². The molecular weight excluding hydrogens is 294 g/mol. The minimum Gasteiger partial charge on any atom is -0.484 e. The molecule has 21 heavy (non-hydrogen) atoms. The van der Waals surface area contributed by atoms with Gasteiger partial charge in [-0.05, 0) is 29.8 Å². The van der Waals surface area contributed by atoms with E-state index in [9.17, 15) is 14.9 Å². The van der Waals surface area contributed by atoms with Gasteiger partial charge in [0.25, 0.3) is 5.91 Å². The van der Waals surface area contributed by atoms with Crippen LogP contribution in [0, 0.1) is 10.1 Å². The molecule has 0 aliphatic carbocycles. The molecule has 0 unspecified atom stereocenters. The summed E-state index contributed by atoms with van der Waals surface area (Å²) in [4.78, 5) is 20.8. The van der Waals surface area contributed by atoms with Crippen molar-refractivity contribution in [2.24, 2.45) is 5.73 Å². The largest absolute Gasteiger partial charge is 0.484 e. The molecule has 2 rings (SSSR count). The lowest BCUT2D eigenvalue weighted by molar-refractivity contribution is -0.380. The highest BCUT2D eigenvalue weighted by Gasteiger charge is 2.09. The highest BCUT2D eigenvalue weighted by atomic mass is 32.1. The summed E-state index contributed by atoms with van der Waals surface area (Å²) in [7, 11) is 0. The molecule has 7 nitrogen and oxygen atoms in total. The van der Waals surface area contributed by atoms with Crippen LogP contribution < -0.4 is 15.8 Å². The lowest BCUT2D eigenvalue weighted by Crippen LogP contribution is -2.19. The number of hydrogen-bond acceptors (Lipinski definition) is 6. The zero-order valence-electron chi connectivity index (χ0n) is 10.9. The molecule has 0 radical (unpaired) electrons. The molecule has 1 aromatic carbocycles. The molecule has 0 fully saturated rings. The first-order chi connectivity index (χ1) is 10.0. The van der Waals surface area contributed by atoms with Crippen LogP contribution in [0.1, 0.15) is 5.56 Å². The number of rotatable bonds is 7. The fourth-order valence-electron chi connectivity index (χ4n) is 1.58. The minimum atomic E-state index is -0.531. The molecule has 0 atom stereocenters. The average Bonchev–Trinajstić information content (AvgIpc) is 2.93. The normalized spacial score (nSPS) is 10.1. The van der Waals surface area contributed by atoms with Crippen LogP contribution in [0.25, 0.3) is 0 Å². The molecular formula is C13H13N3O4S. The second kappa shape index (κ2) is 6.71. The lowest BCUT2D eigenvalue weighted by Gasteiger charge is -2.07. The summed E-state index contributed by atoms with van der Waals surface area (Å²) in [6, 6.07) is 8.54. The molecule has 0 saturated heterocycles. The quantitative estimate of drug-likeness (QED) is 0.602. The van der Waals surface area contributed by atoms with Crippen molar-refractivity contribution in [2.45, 2.75) is 6.54 Å². The number of nitrogens with one attached hydrogen (secondary N) is 1. The fraction of sp³-hybridized carbons (Fsp3) is 0.154. The van der Waals surface area contributed by atoms with Gasteiger partial charge in [-0.1, -0.05) is 11.3 Å². The Labute approximate surface area is 124 Å². The number of amides is 1. The zero-order chi connectivity index (χ0) is 15.2. The molecule has 0 saturated carbocycles.